The molecule has 2 fully saturated rings. The van der Waals surface area contributed by atoms with Crippen LogP contribution in [0.5, 0.6) is 0 Å². The number of nitriles is 1. The van der Waals surface area contributed by atoms with Crippen LogP contribution in [0.3, 0.4) is 0 Å². The molecule has 2 saturated heterocycles. The summed E-state index contributed by atoms with van der Waals surface area (Å²) < 4.78 is 24.9. The van der Waals surface area contributed by atoms with Crippen LogP contribution >= 0.6 is 11.6 Å². The predicted octanol–water partition coefficient (Wildman–Crippen LogP) is 1.73. The van der Waals surface area contributed by atoms with Crippen molar-refractivity contribution in [2.75, 3.05) is 24.6 Å². The molecule has 0 N–H and O–H groups in total. The summed E-state index contributed by atoms with van der Waals surface area (Å²) in [6.07, 6.45) is 3.81. The number of hydrogen-bond acceptors (Lipinski definition) is 5. The van der Waals surface area contributed by atoms with Crippen molar-refractivity contribution < 1.29 is 13.2 Å². The maximum Gasteiger partial charge on any atom is 0.264 e. The molecule has 1 aromatic heterocycles. The first kappa shape index (κ1) is 18.0. The summed E-state index contributed by atoms with van der Waals surface area (Å²) in [5, 5.41) is 14.0. The van der Waals surface area contributed by atoms with Gasteiger partial charge in [-0.15, -0.1) is 0 Å². The van der Waals surface area contributed by atoms with Crippen LogP contribution in [-0.2, 0) is 14.6 Å². The Bertz CT molecular complexity index is 876. The Morgan fingerprint density at radius 3 is 2.64 bits per heavy atom. The molecule has 2 aliphatic rings. The summed E-state index contributed by atoms with van der Waals surface area (Å²) in [7, 11) is -3.06. The van der Waals surface area contributed by atoms with Crippen molar-refractivity contribution in [1.29, 1.82) is 5.26 Å². The molecule has 3 heterocycles. The lowest BCUT2D eigenvalue weighted by Crippen LogP contribution is -2.28. The number of sulfone groups is 1. The molecule has 0 spiro atoms. The van der Waals surface area contributed by atoms with Gasteiger partial charge in [0.2, 0.25) is 0 Å². The highest BCUT2D eigenvalue weighted by Gasteiger charge is 2.32. The molecule has 7 nitrogen and oxygen atoms in total. The highest BCUT2D eigenvalue weighted by Crippen LogP contribution is 2.31. The van der Waals surface area contributed by atoms with Gasteiger partial charge >= 0.3 is 0 Å². The fourth-order valence-electron chi connectivity index (χ4n) is 3.28. The predicted molar refractivity (Wildman–Crippen MR) is 93.7 cm³/mol. The van der Waals surface area contributed by atoms with Crippen molar-refractivity contribution in [3.05, 3.63) is 22.0 Å². The second-order valence-corrected chi connectivity index (χ2v) is 9.05. The van der Waals surface area contributed by atoms with Gasteiger partial charge in [0.05, 0.1) is 23.2 Å². The van der Waals surface area contributed by atoms with Crippen molar-refractivity contribution in [1.82, 2.24) is 14.7 Å². The average Bonchev–Trinajstić information content (AvgIpc) is 3.26. The minimum atomic E-state index is -3.06. The van der Waals surface area contributed by atoms with Crippen LogP contribution < -0.4 is 0 Å². The Morgan fingerprint density at radius 1 is 1.40 bits per heavy atom. The summed E-state index contributed by atoms with van der Waals surface area (Å²) in [5.41, 5.74) is 1.08. The molecular formula is C16H19ClN4O3S. The van der Waals surface area contributed by atoms with Crippen LogP contribution in [-0.4, -0.2) is 53.6 Å². The van der Waals surface area contributed by atoms with E-state index >= 15 is 0 Å². The van der Waals surface area contributed by atoms with E-state index in [1.54, 1.807) is 11.8 Å². The highest BCUT2D eigenvalue weighted by atomic mass is 35.5. The molecule has 3 rings (SSSR count). The van der Waals surface area contributed by atoms with E-state index in [4.69, 9.17) is 11.6 Å². The minimum absolute atomic E-state index is 0.00874. The first-order valence-corrected chi connectivity index (χ1v) is 10.4. The average molecular weight is 383 g/mol. The maximum absolute atomic E-state index is 12.4. The van der Waals surface area contributed by atoms with Crippen LogP contribution in [0, 0.1) is 18.3 Å². The van der Waals surface area contributed by atoms with Crippen LogP contribution in [0.15, 0.2) is 5.57 Å². The van der Waals surface area contributed by atoms with Gasteiger partial charge in [-0.1, -0.05) is 11.6 Å². The lowest BCUT2D eigenvalue weighted by atomic mass is 10.1. The second-order valence-electron chi connectivity index (χ2n) is 6.46. The molecule has 0 aromatic carbocycles. The van der Waals surface area contributed by atoms with Crippen molar-refractivity contribution in [3.63, 3.8) is 0 Å². The number of amides is 1. The van der Waals surface area contributed by atoms with Gasteiger partial charge in [0.1, 0.15) is 16.8 Å². The van der Waals surface area contributed by atoms with Crippen LogP contribution in [0.25, 0.3) is 6.08 Å². The molecule has 1 aromatic rings. The first-order valence-electron chi connectivity index (χ1n) is 8.18. The van der Waals surface area contributed by atoms with Gasteiger partial charge in [0, 0.05) is 18.7 Å². The van der Waals surface area contributed by atoms with Crippen LogP contribution in [0.2, 0.25) is 5.15 Å². The molecule has 0 unspecified atom stereocenters. The Kier molecular flexibility index (Phi) is 4.89. The summed E-state index contributed by atoms with van der Waals surface area (Å²) in [4.78, 5) is 14.1. The van der Waals surface area contributed by atoms with E-state index < -0.39 is 9.84 Å². The zero-order valence-corrected chi connectivity index (χ0v) is 15.5. The van der Waals surface area contributed by atoms with E-state index in [0.717, 1.165) is 12.8 Å². The quantitative estimate of drug-likeness (QED) is 0.586. The van der Waals surface area contributed by atoms with E-state index in [-0.39, 0.29) is 34.2 Å². The summed E-state index contributed by atoms with van der Waals surface area (Å²) in [6, 6.07) is 1.64. The third-order valence-corrected chi connectivity index (χ3v) is 6.79. The number of carbonyl (C=O) groups excluding carboxylic acids is 1. The lowest BCUT2D eigenvalue weighted by Gasteiger charge is -2.14. The van der Waals surface area contributed by atoms with Crippen molar-refractivity contribution in [3.8, 4) is 6.07 Å². The molecule has 2 aliphatic heterocycles. The monoisotopic (exact) mass is 382 g/mol. The molecule has 0 radical (unpaired) electrons. The molecular weight excluding hydrogens is 364 g/mol. The second kappa shape index (κ2) is 6.81. The fraction of sp³-hybridized carbons (Fsp3) is 0.562. The SMILES string of the molecule is Cc1nn([C@H]2CCS(=O)(=O)C2)c(Cl)c1/C=C(\C#N)C(=O)N1CCCC1. The number of aromatic nitrogens is 2. The molecule has 0 saturated carbocycles. The van der Waals surface area contributed by atoms with Gasteiger partial charge in [-0.25, -0.2) is 13.1 Å². The van der Waals surface area contributed by atoms with E-state index in [0.29, 0.717) is 30.8 Å². The molecule has 134 valence electrons. The van der Waals surface area contributed by atoms with Gasteiger partial charge in [-0.2, -0.15) is 10.4 Å². The number of nitrogens with zero attached hydrogens (tertiary/aromatic N) is 4. The van der Waals surface area contributed by atoms with Crippen molar-refractivity contribution >= 4 is 33.4 Å². The Morgan fingerprint density at radius 2 is 2.08 bits per heavy atom. The standard InChI is InChI=1S/C16H19ClN4O3S/c1-11-14(8-12(9-18)16(22)20-5-2-3-6-20)15(17)21(19-11)13-4-7-25(23,24)10-13/h8,13H,2-7,10H2,1H3/b12-8+/t13-/m0/s1. The fourth-order valence-corrected chi connectivity index (χ4v) is 5.34. The molecule has 1 amide bonds. The third kappa shape index (κ3) is 3.58. The van der Waals surface area contributed by atoms with E-state index in [1.807, 2.05) is 6.07 Å². The minimum Gasteiger partial charge on any atom is -0.338 e. The Balaban J connectivity index is 1.92. The van der Waals surface area contributed by atoms with Crippen molar-refractivity contribution in [2.24, 2.45) is 0 Å². The Labute approximate surface area is 151 Å². The number of likely N-dealkylation sites (tertiary alicyclic amines) is 1. The zero-order chi connectivity index (χ0) is 18.2. The number of carbonyl (C=O) groups is 1. The summed E-state index contributed by atoms with van der Waals surface area (Å²) in [5.74, 6) is -0.171. The zero-order valence-electron chi connectivity index (χ0n) is 13.9. The van der Waals surface area contributed by atoms with Gasteiger partial charge < -0.3 is 4.90 Å². The molecule has 9 heteroatoms. The van der Waals surface area contributed by atoms with E-state index in [1.165, 1.54) is 10.8 Å². The number of hydrogen-bond donors (Lipinski definition) is 0. The molecule has 0 bridgehead atoms. The van der Waals surface area contributed by atoms with Gasteiger partial charge in [0.25, 0.3) is 5.91 Å². The largest absolute Gasteiger partial charge is 0.338 e. The number of aryl methyl sites for hydroxylation is 1. The Hall–Kier alpha value is -1.85. The van der Waals surface area contributed by atoms with Crippen LogP contribution in [0.1, 0.15) is 36.6 Å². The van der Waals surface area contributed by atoms with Gasteiger partial charge in [-0.3, -0.25) is 4.79 Å². The first-order chi connectivity index (χ1) is 11.8. The van der Waals surface area contributed by atoms with Crippen molar-refractivity contribution in [2.45, 2.75) is 32.2 Å². The van der Waals surface area contributed by atoms with Crippen LogP contribution in [0.4, 0.5) is 0 Å². The number of halogens is 1. The van der Waals surface area contributed by atoms with Gasteiger partial charge in [0.15, 0.2) is 9.84 Å². The topological polar surface area (TPSA) is 96.1 Å². The van der Waals surface area contributed by atoms with Gasteiger partial charge in [-0.05, 0) is 32.3 Å². The normalized spacial score (nSPS) is 23.0. The van der Waals surface area contributed by atoms with E-state index in [9.17, 15) is 18.5 Å². The molecule has 1 atom stereocenters. The lowest BCUT2D eigenvalue weighted by molar-refractivity contribution is -0.125. The third-order valence-electron chi connectivity index (χ3n) is 4.66. The summed E-state index contributed by atoms with van der Waals surface area (Å²) >= 11 is 6.39. The smallest absolute Gasteiger partial charge is 0.264 e. The summed E-state index contributed by atoms with van der Waals surface area (Å²) in [6.45, 7) is 3.04. The van der Waals surface area contributed by atoms with E-state index in [2.05, 4.69) is 5.10 Å². The maximum atomic E-state index is 12.4. The highest BCUT2D eigenvalue weighted by molar-refractivity contribution is 7.91. The molecule has 0 aliphatic carbocycles. The number of rotatable bonds is 3. The molecule has 25 heavy (non-hydrogen) atoms.